The van der Waals surface area contributed by atoms with Gasteiger partial charge in [-0.1, -0.05) is 32.9 Å². The summed E-state index contributed by atoms with van der Waals surface area (Å²) in [5.74, 6) is 0. The molecule has 0 amide bonds. The van der Waals surface area contributed by atoms with Gasteiger partial charge in [0.25, 0.3) is 0 Å². The summed E-state index contributed by atoms with van der Waals surface area (Å²) in [5.41, 5.74) is 2.80. The van der Waals surface area contributed by atoms with E-state index in [0.29, 0.717) is 6.04 Å². The Morgan fingerprint density at radius 1 is 1.47 bits per heavy atom. The van der Waals surface area contributed by atoms with Gasteiger partial charge in [0.15, 0.2) is 0 Å². The smallest absolute Gasteiger partial charge is 0.0790 e. The fourth-order valence-electron chi connectivity index (χ4n) is 3.20. The molecule has 2 aliphatic rings. The number of hydrogen-bond acceptors (Lipinski definition) is 2. The van der Waals surface area contributed by atoms with Gasteiger partial charge < -0.3 is 10.4 Å². The second kappa shape index (κ2) is 4.95. The third kappa shape index (κ3) is 2.34. The van der Waals surface area contributed by atoms with Gasteiger partial charge >= 0.3 is 0 Å². The third-order valence-corrected chi connectivity index (χ3v) is 4.30. The van der Waals surface area contributed by atoms with Gasteiger partial charge in [0, 0.05) is 11.5 Å². The van der Waals surface area contributed by atoms with Crippen LogP contribution in [0.1, 0.15) is 46.5 Å². The van der Waals surface area contributed by atoms with Crippen LogP contribution in [0, 0.1) is 5.41 Å². The van der Waals surface area contributed by atoms with Crippen molar-refractivity contribution in [1.29, 1.82) is 0 Å². The zero-order valence-corrected chi connectivity index (χ0v) is 11.3. The highest BCUT2D eigenvalue weighted by atomic mass is 16.3. The number of aliphatic hydroxyl groups is 1. The van der Waals surface area contributed by atoms with E-state index in [0.717, 1.165) is 25.8 Å². The van der Waals surface area contributed by atoms with Crippen LogP contribution in [0.15, 0.2) is 23.3 Å². The Morgan fingerprint density at radius 3 is 2.94 bits per heavy atom. The number of aliphatic hydroxyl groups excluding tert-OH is 1. The van der Waals surface area contributed by atoms with Crippen molar-refractivity contribution < 1.29 is 5.11 Å². The lowest BCUT2D eigenvalue weighted by molar-refractivity contribution is 0.181. The average Bonchev–Trinajstić information content (AvgIpc) is 2.29. The first-order valence-corrected chi connectivity index (χ1v) is 6.89. The predicted octanol–water partition coefficient (Wildman–Crippen LogP) is 2.79. The van der Waals surface area contributed by atoms with Crippen LogP contribution in [-0.2, 0) is 0 Å². The SMILES string of the molecule is CCCN[C@@H]1CCC2=C(C=CCC2O)C1(C)C. The number of rotatable bonds is 3. The van der Waals surface area contributed by atoms with Crippen LogP contribution in [0.5, 0.6) is 0 Å². The molecule has 0 aromatic carbocycles. The van der Waals surface area contributed by atoms with Crippen molar-refractivity contribution in [2.24, 2.45) is 5.41 Å². The number of nitrogens with one attached hydrogen (secondary N) is 1. The normalized spacial score (nSPS) is 31.5. The van der Waals surface area contributed by atoms with E-state index in [2.05, 4.69) is 38.2 Å². The monoisotopic (exact) mass is 235 g/mol. The van der Waals surface area contributed by atoms with Crippen molar-refractivity contribution in [3.63, 3.8) is 0 Å². The Morgan fingerprint density at radius 2 is 2.24 bits per heavy atom. The summed E-state index contributed by atoms with van der Waals surface area (Å²) in [6.07, 6.45) is 8.29. The molecule has 2 rings (SSSR count). The van der Waals surface area contributed by atoms with E-state index < -0.39 is 0 Å². The van der Waals surface area contributed by atoms with E-state index in [1.54, 1.807) is 0 Å². The molecule has 2 atom stereocenters. The molecule has 2 aliphatic carbocycles. The largest absolute Gasteiger partial charge is 0.388 e. The Labute approximate surface area is 105 Å². The molecule has 0 radical (unpaired) electrons. The van der Waals surface area contributed by atoms with Crippen LogP contribution in [0.2, 0.25) is 0 Å². The van der Waals surface area contributed by atoms with E-state index in [-0.39, 0.29) is 11.5 Å². The van der Waals surface area contributed by atoms with Gasteiger partial charge in [0.1, 0.15) is 0 Å². The van der Waals surface area contributed by atoms with Crippen molar-refractivity contribution >= 4 is 0 Å². The van der Waals surface area contributed by atoms with E-state index in [1.807, 2.05) is 0 Å². The molecular weight excluding hydrogens is 210 g/mol. The van der Waals surface area contributed by atoms with E-state index in [9.17, 15) is 5.11 Å². The molecule has 0 saturated heterocycles. The summed E-state index contributed by atoms with van der Waals surface area (Å²) in [4.78, 5) is 0. The fourth-order valence-corrected chi connectivity index (χ4v) is 3.20. The molecule has 0 aliphatic heterocycles. The molecule has 96 valence electrons. The molecule has 0 spiro atoms. The molecule has 2 N–H and O–H groups in total. The highest BCUT2D eigenvalue weighted by Crippen LogP contribution is 2.44. The Bertz CT molecular complexity index is 341. The standard InChI is InChI=1S/C15H25NO/c1-4-10-16-14-9-8-11-12(15(14,2)3)6-5-7-13(11)17/h5-6,13-14,16-17H,4,7-10H2,1-3H3/t13?,14-/m1/s1. The van der Waals surface area contributed by atoms with E-state index in [1.165, 1.54) is 17.6 Å². The molecular formula is C15H25NO. The molecule has 2 heteroatoms. The first-order chi connectivity index (χ1) is 8.07. The topological polar surface area (TPSA) is 32.3 Å². The Kier molecular flexibility index (Phi) is 3.74. The minimum absolute atomic E-state index is 0.140. The maximum atomic E-state index is 10.1. The van der Waals surface area contributed by atoms with Gasteiger partial charge in [-0.3, -0.25) is 0 Å². The Balaban J connectivity index is 2.23. The van der Waals surface area contributed by atoms with Crippen molar-refractivity contribution in [1.82, 2.24) is 5.32 Å². The van der Waals surface area contributed by atoms with Crippen LogP contribution in [0.25, 0.3) is 0 Å². The van der Waals surface area contributed by atoms with Gasteiger partial charge in [-0.15, -0.1) is 0 Å². The summed E-state index contributed by atoms with van der Waals surface area (Å²) in [6, 6.07) is 0.538. The van der Waals surface area contributed by atoms with Crippen LogP contribution in [0.4, 0.5) is 0 Å². The van der Waals surface area contributed by atoms with Crippen LogP contribution in [0.3, 0.4) is 0 Å². The van der Waals surface area contributed by atoms with Gasteiger partial charge in [-0.05, 0) is 43.4 Å². The van der Waals surface area contributed by atoms with Gasteiger partial charge in [-0.2, -0.15) is 0 Å². The predicted molar refractivity (Wildman–Crippen MR) is 71.9 cm³/mol. The van der Waals surface area contributed by atoms with Crippen LogP contribution in [-0.4, -0.2) is 23.8 Å². The maximum Gasteiger partial charge on any atom is 0.0790 e. The van der Waals surface area contributed by atoms with E-state index >= 15 is 0 Å². The molecule has 1 unspecified atom stereocenters. The van der Waals surface area contributed by atoms with E-state index in [4.69, 9.17) is 0 Å². The molecule has 0 heterocycles. The van der Waals surface area contributed by atoms with Crippen LogP contribution >= 0.6 is 0 Å². The van der Waals surface area contributed by atoms with Crippen molar-refractivity contribution in [3.8, 4) is 0 Å². The second-order valence-corrected chi connectivity index (χ2v) is 5.86. The van der Waals surface area contributed by atoms with Gasteiger partial charge in [0.05, 0.1) is 6.10 Å². The average molecular weight is 235 g/mol. The third-order valence-electron chi connectivity index (χ3n) is 4.30. The van der Waals surface area contributed by atoms with Crippen molar-refractivity contribution in [3.05, 3.63) is 23.3 Å². The number of hydrogen-bond donors (Lipinski definition) is 2. The van der Waals surface area contributed by atoms with Crippen LogP contribution < -0.4 is 5.32 Å². The molecule has 0 aromatic heterocycles. The molecule has 0 fully saturated rings. The molecule has 17 heavy (non-hydrogen) atoms. The maximum absolute atomic E-state index is 10.1. The Hall–Kier alpha value is -0.600. The highest BCUT2D eigenvalue weighted by Gasteiger charge is 2.39. The van der Waals surface area contributed by atoms with Crippen molar-refractivity contribution in [2.45, 2.75) is 58.6 Å². The molecule has 2 nitrogen and oxygen atoms in total. The lowest BCUT2D eigenvalue weighted by Crippen LogP contribution is -2.47. The zero-order chi connectivity index (χ0) is 12.5. The number of allylic oxidation sites excluding steroid dienone is 1. The lowest BCUT2D eigenvalue weighted by atomic mass is 9.66. The van der Waals surface area contributed by atoms with Gasteiger partial charge in [0.2, 0.25) is 0 Å². The summed E-state index contributed by atoms with van der Waals surface area (Å²) in [6.45, 7) is 7.90. The summed E-state index contributed by atoms with van der Waals surface area (Å²) in [5, 5.41) is 13.7. The summed E-state index contributed by atoms with van der Waals surface area (Å²) >= 11 is 0. The quantitative estimate of drug-likeness (QED) is 0.788. The summed E-state index contributed by atoms with van der Waals surface area (Å²) in [7, 11) is 0. The minimum atomic E-state index is -0.235. The van der Waals surface area contributed by atoms with Crippen molar-refractivity contribution in [2.75, 3.05) is 6.54 Å². The molecule has 0 aromatic rings. The first kappa shape index (κ1) is 12.8. The fraction of sp³-hybridized carbons (Fsp3) is 0.733. The highest BCUT2D eigenvalue weighted by molar-refractivity contribution is 5.40. The van der Waals surface area contributed by atoms with Gasteiger partial charge in [-0.25, -0.2) is 0 Å². The first-order valence-electron chi connectivity index (χ1n) is 6.89. The molecule has 0 saturated carbocycles. The zero-order valence-electron chi connectivity index (χ0n) is 11.3. The second-order valence-electron chi connectivity index (χ2n) is 5.86. The molecule has 0 bridgehead atoms. The minimum Gasteiger partial charge on any atom is -0.388 e. The lowest BCUT2D eigenvalue weighted by Gasteiger charge is -2.44. The summed E-state index contributed by atoms with van der Waals surface area (Å²) < 4.78 is 0.